The second kappa shape index (κ2) is 5.09. The third-order valence-electron chi connectivity index (χ3n) is 3.04. The molecule has 100 valence electrons. The van der Waals surface area contributed by atoms with Gasteiger partial charge in [0.2, 0.25) is 0 Å². The van der Waals surface area contributed by atoms with Crippen molar-refractivity contribution in [3.8, 4) is 5.75 Å². The van der Waals surface area contributed by atoms with Crippen molar-refractivity contribution in [2.75, 3.05) is 0 Å². The van der Waals surface area contributed by atoms with Gasteiger partial charge in [-0.25, -0.2) is 0 Å². The van der Waals surface area contributed by atoms with Crippen LogP contribution in [0.4, 0.5) is 0 Å². The second-order valence-corrected chi connectivity index (χ2v) is 4.47. The molecule has 0 saturated carbocycles. The summed E-state index contributed by atoms with van der Waals surface area (Å²) in [5.74, 6) is 0.158. The lowest BCUT2D eigenvalue weighted by molar-refractivity contribution is 0.0993. The molecule has 0 spiro atoms. The van der Waals surface area contributed by atoms with E-state index >= 15 is 0 Å². The standard InChI is InChI=1S/C16H13NO3/c18-14-7-8-15-13(10-14)6-9-16(19)17(15)20-11-12-4-2-1-3-5-12/h1-10,18H,11H2. The van der Waals surface area contributed by atoms with Gasteiger partial charge in [0.25, 0.3) is 5.56 Å². The van der Waals surface area contributed by atoms with Crippen molar-refractivity contribution < 1.29 is 9.94 Å². The lowest BCUT2D eigenvalue weighted by Gasteiger charge is -2.11. The first-order chi connectivity index (χ1) is 9.74. The van der Waals surface area contributed by atoms with E-state index in [1.54, 1.807) is 18.2 Å². The van der Waals surface area contributed by atoms with Crippen molar-refractivity contribution in [3.63, 3.8) is 0 Å². The van der Waals surface area contributed by atoms with Crippen LogP contribution in [0.5, 0.6) is 5.75 Å². The molecule has 3 rings (SSSR count). The van der Waals surface area contributed by atoms with E-state index in [1.807, 2.05) is 30.3 Å². The van der Waals surface area contributed by atoms with Crippen LogP contribution in [-0.4, -0.2) is 9.84 Å². The van der Waals surface area contributed by atoms with E-state index in [-0.39, 0.29) is 11.3 Å². The normalized spacial score (nSPS) is 10.6. The maximum absolute atomic E-state index is 11.9. The number of hydrogen-bond donors (Lipinski definition) is 1. The molecule has 2 aromatic carbocycles. The summed E-state index contributed by atoms with van der Waals surface area (Å²) >= 11 is 0. The third kappa shape index (κ3) is 2.36. The average molecular weight is 267 g/mol. The smallest absolute Gasteiger partial charge is 0.283 e. The van der Waals surface area contributed by atoms with E-state index in [0.29, 0.717) is 12.1 Å². The number of pyridine rings is 1. The Morgan fingerprint density at radius 3 is 2.60 bits per heavy atom. The topological polar surface area (TPSA) is 51.5 Å². The molecule has 0 unspecified atom stereocenters. The molecule has 0 aliphatic heterocycles. The van der Waals surface area contributed by atoms with Crippen molar-refractivity contribution in [1.29, 1.82) is 0 Å². The highest BCUT2D eigenvalue weighted by Crippen LogP contribution is 2.17. The molecular formula is C16H13NO3. The van der Waals surface area contributed by atoms with E-state index in [1.165, 1.54) is 16.9 Å². The van der Waals surface area contributed by atoms with Gasteiger partial charge in [-0.05, 0) is 29.8 Å². The zero-order valence-corrected chi connectivity index (χ0v) is 10.7. The van der Waals surface area contributed by atoms with Gasteiger partial charge in [-0.3, -0.25) is 4.79 Å². The number of aromatic nitrogens is 1. The highest BCUT2D eigenvalue weighted by atomic mass is 16.7. The Morgan fingerprint density at radius 1 is 1.00 bits per heavy atom. The van der Waals surface area contributed by atoms with Gasteiger partial charge in [-0.1, -0.05) is 30.3 Å². The van der Waals surface area contributed by atoms with Crippen LogP contribution in [0, 0.1) is 0 Å². The number of fused-ring (bicyclic) bond motifs is 1. The summed E-state index contributed by atoms with van der Waals surface area (Å²) in [4.78, 5) is 17.5. The lowest BCUT2D eigenvalue weighted by atomic mass is 10.2. The Kier molecular flexibility index (Phi) is 3.13. The average Bonchev–Trinajstić information content (AvgIpc) is 2.47. The molecule has 0 saturated heterocycles. The van der Waals surface area contributed by atoms with Crippen LogP contribution < -0.4 is 10.4 Å². The summed E-state index contributed by atoms with van der Waals surface area (Å²) in [6.07, 6.45) is 0. The molecule has 4 nitrogen and oxygen atoms in total. The highest BCUT2D eigenvalue weighted by Gasteiger charge is 2.05. The van der Waals surface area contributed by atoms with Crippen molar-refractivity contribution >= 4 is 10.9 Å². The maximum atomic E-state index is 11.9. The SMILES string of the molecule is O=c1ccc2cc(O)ccc2n1OCc1ccccc1. The highest BCUT2D eigenvalue weighted by molar-refractivity contribution is 5.80. The summed E-state index contributed by atoms with van der Waals surface area (Å²) in [5.41, 5.74) is 1.38. The van der Waals surface area contributed by atoms with Crippen molar-refractivity contribution in [2.24, 2.45) is 0 Å². The predicted octanol–water partition coefficient (Wildman–Crippen LogP) is 2.34. The number of nitrogens with zero attached hydrogens (tertiary/aromatic N) is 1. The molecule has 0 atom stereocenters. The predicted molar refractivity (Wildman–Crippen MR) is 76.6 cm³/mol. The summed E-state index contributed by atoms with van der Waals surface area (Å²) in [7, 11) is 0. The molecule has 20 heavy (non-hydrogen) atoms. The van der Waals surface area contributed by atoms with Crippen LogP contribution >= 0.6 is 0 Å². The van der Waals surface area contributed by atoms with Crippen molar-refractivity contribution in [1.82, 2.24) is 4.73 Å². The minimum absolute atomic E-state index is 0.158. The van der Waals surface area contributed by atoms with E-state index in [2.05, 4.69) is 0 Å². The lowest BCUT2D eigenvalue weighted by Crippen LogP contribution is -2.26. The van der Waals surface area contributed by atoms with Gasteiger partial charge >= 0.3 is 0 Å². The van der Waals surface area contributed by atoms with Crippen molar-refractivity contribution in [3.05, 3.63) is 76.6 Å². The first kappa shape index (κ1) is 12.3. The van der Waals surface area contributed by atoms with Crippen LogP contribution in [0.15, 0.2) is 65.5 Å². The fourth-order valence-electron chi connectivity index (χ4n) is 2.05. The molecule has 3 aromatic rings. The fourth-order valence-corrected chi connectivity index (χ4v) is 2.05. The Bertz CT molecular complexity index is 794. The van der Waals surface area contributed by atoms with E-state index in [9.17, 15) is 9.90 Å². The summed E-state index contributed by atoms with van der Waals surface area (Å²) in [6, 6.07) is 17.5. The number of aromatic hydroxyl groups is 1. The first-order valence-corrected chi connectivity index (χ1v) is 6.26. The zero-order chi connectivity index (χ0) is 13.9. The molecule has 1 aromatic heterocycles. The molecule has 0 radical (unpaired) electrons. The molecule has 0 aliphatic carbocycles. The minimum atomic E-state index is -0.237. The molecule has 0 fully saturated rings. The largest absolute Gasteiger partial charge is 0.508 e. The fraction of sp³-hybridized carbons (Fsp3) is 0.0625. The zero-order valence-electron chi connectivity index (χ0n) is 10.7. The van der Waals surface area contributed by atoms with Gasteiger partial charge < -0.3 is 9.94 Å². The van der Waals surface area contributed by atoms with Gasteiger partial charge in [0.15, 0.2) is 0 Å². The van der Waals surface area contributed by atoms with Gasteiger partial charge in [-0.2, -0.15) is 0 Å². The second-order valence-electron chi connectivity index (χ2n) is 4.47. The van der Waals surface area contributed by atoms with Crippen LogP contribution in [0.2, 0.25) is 0 Å². The van der Waals surface area contributed by atoms with Crippen LogP contribution in [0.1, 0.15) is 5.56 Å². The quantitative estimate of drug-likeness (QED) is 0.792. The summed E-state index contributed by atoms with van der Waals surface area (Å²) in [6.45, 7) is 0.306. The Labute approximate surface area is 115 Å². The molecular weight excluding hydrogens is 254 g/mol. The van der Waals surface area contributed by atoms with Crippen LogP contribution in [0.3, 0.4) is 0 Å². The molecule has 1 heterocycles. The number of phenols is 1. The Morgan fingerprint density at radius 2 is 1.80 bits per heavy atom. The van der Waals surface area contributed by atoms with Gasteiger partial charge in [0, 0.05) is 11.5 Å². The van der Waals surface area contributed by atoms with Gasteiger partial charge in [0.05, 0.1) is 5.52 Å². The van der Waals surface area contributed by atoms with Crippen molar-refractivity contribution in [2.45, 2.75) is 6.61 Å². The minimum Gasteiger partial charge on any atom is -0.508 e. The maximum Gasteiger partial charge on any atom is 0.283 e. The van der Waals surface area contributed by atoms with E-state index in [4.69, 9.17) is 4.84 Å². The van der Waals surface area contributed by atoms with E-state index in [0.717, 1.165) is 10.9 Å². The molecule has 0 aliphatic rings. The number of hydrogen-bond acceptors (Lipinski definition) is 3. The third-order valence-corrected chi connectivity index (χ3v) is 3.04. The Balaban J connectivity index is 1.98. The summed E-state index contributed by atoms with van der Waals surface area (Å²) in [5, 5.41) is 10.2. The van der Waals surface area contributed by atoms with Gasteiger partial charge in [0.1, 0.15) is 12.4 Å². The van der Waals surface area contributed by atoms with Crippen LogP contribution in [-0.2, 0) is 6.61 Å². The van der Waals surface area contributed by atoms with E-state index < -0.39 is 0 Å². The van der Waals surface area contributed by atoms with Crippen LogP contribution in [0.25, 0.3) is 10.9 Å². The Hall–Kier alpha value is -2.75. The number of rotatable bonds is 3. The number of phenolic OH excluding ortho intramolecular Hbond substituents is 1. The van der Waals surface area contributed by atoms with Gasteiger partial charge in [-0.15, -0.1) is 4.73 Å². The first-order valence-electron chi connectivity index (χ1n) is 6.26. The number of benzene rings is 2. The molecule has 0 bridgehead atoms. The molecule has 4 heteroatoms. The summed E-state index contributed by atoms with van der Waals surface area (Å²) < 4.78 is 1.25. The molecule has 0 amide bonds. The monoisotopic (exact) mass is 267 g/mol. The molecule has 1 N–H and O–H groups in total.